The van der Waals surface area contributed by atoms with Crippen LogP contribution in [0, 0.1) is 11.3 Å². The number of hydrogen-bond donors (Lipinski definition) is 0. The van der Waals surface area contributed by atoms with E-state index in [1.54, 1.807) is 18.2 Å². The van der Waals surface area contributed by atoms with Gasteiger partial charge >= 0.3 is 0 Å². The van der Waals surface area contributed by atoms with E-state index < -0.39 is 0 Å². The molecule has 2 nitrogen and oxygen atoms in total. The highest BCUT2D eigenvalue weighted by molar-refractivity contribution is 9.10. The number of rotatable bonds is 3. The summed E-state index contributed by atoms with van der Waals surface area (Å²) in [5.41, 5.74) is 1.42. The van der Waals surface area contributed by atoms with Crippen LogP contribution < -0.4 is 0 Å². The number of nitrogens with zero attached hydrogens (tertiary/aromatic N) is 1. The van der Waals surface area contributed by atoms with Crippen LogP contribution >= 0.6 is 27.5 Å². The lowest BCUT2D eigenvalue weighted by Gasteiger charge is -2.02. The van der Waals surface area contributed by atoms with Crippen molar-refractivity contribution in [3.05, 3.63) is 33.8 Å². The molecule has 0 aromatic heterocycles. The van der Waals surface area contributed by atoms with Crippen LogP contribution in [0.5, 0.6) is 0 Å². The first-order chi connectivity index (χ1) is 6.67. The zero-order chi connectivity index (χ0) is 10.6. The van der Waals surface area contributed by atoms with Crippen molar-refractivity contribution in [2.45, 2.75) is 6.42 Å². The molecule has 0 aliphatic heterocycles. The van der Waals surface area contributed by atoms with Crippen molar-refractivity contribution < 1.29 is 4.79 Å². The molecule has 4 heteroatoms. The minimum absolute atomic E-state index is 0.0203. The van der Waals surface area contributed by atoms with Gasteiger partial charge in [-0.25, -0.2) is 0 Å². The molecule has 1 aromatic rings. The largest absolute Gasteiger partial charge is 0.298 e. The van der Waals surface area contributed by atoms with Gasteiger partial charge in [-0.2, -0.15) is 5.26 Å². The van der Waals surface area contributed by atoms with Crippen LogP contribution in [0.4, 0.5) is 0 Å². The number of ketones is 1. The maximum absolute atomic E-state index is 11.1. The average Bonchev–Trinajstić information content (AvgIpc) is 2.20. The second-order valence-electron chi connectivity index (χ2n) is 2.77. The van der Waals surface area contributed by atoms with Crippen molar-refractivity contribution >= 4 is 33.3 Å². The molecule has 0 bridgehead atoms. The van der Waals surface area contributed by atoms with Gasteiger partial charge in [0.25, 0.3) is 0 Å². The maximum Gasteiger partial charge on any atom is 0.151 e. The molecule has 0 fully saturated rings. The Balaban J connectivity index is 2.90. The summed E-state index contributed by atoms with van der Waals surface area (Å²) in [5.74, 6) is -0.0102. The molecule has 0 radical (unpaired) electrons. The summed E-state index contributed by atoms with van der Waals surface area (Å²) in [7, 11) is 0. The summed E-state index contributed by atoms with van der Waals surface area (Å²) >= 11 is 8.69. The van der Waals surface area contributed by atoms with Gasteiger partial charge in [0.05, 0.1) is 17.5 Å². The van der Waals surface area contributed by atoms with Crippen molar-refractivity contribution in [1.82, 2.24) is 0 Å². The van der Waals surface area contributed by atoms with Crippen molar-refractivity contribution in [3.8, 4) is 6.07 Å². The van der Waals surface area contributed by atoms with Gasteiger partial charge in [0.15, 0.2) is 5.78 Å². The molecule has 0 aliphatic rings. The Hall–Kier alpha value is -0.850. The second-order valence-corrected chi connectivity index (χ2v) is 3.89. The number of carbonyl (C=O) groups is 1. The minimum Gasteiger partial charge on any atom is -0.298 e. The van der Waals surface area contributed by atoms with Crippen LogP contribution in [-0.4, -0.2) is 11.7 Å². The quantitative estimate of drug-likeness (QED) is 0.794. The van der Waals surface area contributed by atoms with E-state index >= 15 is 0 Å². The zero-order valence-corrected chi connectivity index (χ0v) is 9.60. The van der Waals surface area contributed by atoms with E-state index in [0.29, 0.717) is 12.0 Å². The molecule has 1 rings (SSSR count). The van der Waals surface area contributed by atoms with E-state index in [2.05, 4.69) is 15.9 Å². The molecule has 1 aromatic carbocycles. The molecule has 0 heterocycles. The summed E-state index contributed by atoms with van der Waals surface area (Å²) in [6.45, 7) is 0. The second kappa shape index (κ2) is 5.14. The Kier molecular flexibility index (Phi) is 4.12. The van der Waals surface area contributed by atoms with Gasteiger partial charge in [-0.3, -0.25) is 4.79 Å². The van der Waals surface area contributed by atoms with Crippen LogP contribution in [0.1, 0.15) is 11.1 Å². The topological polar surface area (TPSA) is 40.9 Å². The number of halogens is 2. The molecule has 0 atom stereocenters. The van der Waals surface area contributed by atoms with Crippen molar-refractivity contribution in [1.29, 1.82) is 5.26 Å². The molecule has 0 N–H and O–H groups in total. The van der Waals surface area contributed by atoms with E-state index in [1.807, 2.05) is 6.07 Å². The molecule has 14 heavy (non-hydrogen) atoms. The fourth-order valence-corrected chi connectivity index (χ4v) is 1.63. The normalized spacial score (nSPS) is 9.50. The molecule has 0 unspecified atom stereocenters. The minimum atomic E-state index is -0.0305. The Bertz CT molecular complexity index is 398. The molecule has 0 saturated carbocycles. The first kappa shape index (κ1) is 11.2. The average molecular weight is 273 g/mol. The van der Waals surface area contributed by atoms with Gasteiger partial charge in [0, 0.05) is 10.9 Å². The van der Waals surface area contributed by atoms with Gasteiger partial charge in [-0.1, -0.05) is 22.0 Å². The van der Waals surface area contributed by atoms with Crippen LogP contribution in [0.25, 0.3) is 0 Å². The third kappa shape index (κ3) is 2.83. The molecular formula is C10H7BrClNO. The number of Topliss-reactive ketones (excluding diaryl/α,β-unsaturated/α-hetero) is 1. The van der Waals surface area contributed by atoms with Gasteiger partial charge in [0.1, 0.15) is 0 Å². The van der Waals surface area contributed by atoms with Gasteiger partial charge in [0.2, 0.25) is 0 Å². The number of alkyl halides is 1. The molecule has 0 saturated heterocycles. The van der Waals surface area contributed by atoms with E-state index in [4.69, 9.17) is 16.9 Å². The van der Waals surface area contributed by atoms with Crippen LogP contribution in [0.3, 0.4) is 0 Å². The Morgan fingerprint density at radius 3 is 2.79 bits per heavy atom. The molecule has 0 amide bonds. The highest BCUT2D eigenvalue weighted by Crippen LogP contribution is 2.19. The molecule has 0 spiro atoms. The Morgan fingerprint density at radius 1 is 1.57 bits per heavy atom. The number of hydrogen-bond acceptors (Lipinski definition) is 2. The maximum atomic E-state index is 11.1. The van der Waals surface area contributed by atoms with Gasteiger partial charge in [-0.05, 0) is 17.7 Å². The highest BCUT2D eigenvalue weighted by atomic mass is 79.9. The van der Waals surface area contributed by atoms with Crippen molar-refractivity contribution in [2.75, 3.05) is 5.88 Å². The first-order valence-electron chi connectivity index (χ1n) is 3.93. The molecule has 72 valence electrons. The lowest BCUT2D eigenvalue weighted by molar-refractivity contribution is -0.116. The molecular weight excluding hydrogens is 265 g/mol. The lowest BCUT2D eigenvalue weighted by atomic mass is 10.1. The third-order valence-electron chi connectivity index (χ3n) is 1.72. The predicted molar refractivity (Wildman–Crippen MR) is 58.3 cm³/mol. The number of carbonyl (C=O) groups excluding carboxylic acids is 1. The zero-order valence-electron chi connectivity index (χ0n) is 7.26. The summed E-state index contributed by atoms with van der Waals surface area (Å²) < 4.78 is 0.773. The monoisotopic (exact) mass is 271 g/mol. The Morgan fingerprint density at radius 2 is 2.29 bits per heavy atom. The number of benzene rings is 1. The first-order valence-corrected chi connectivity index (χ1v) is 5.26. The summed E-state index contributed by atoms with van der Waals surface area (Å²) in [5, 5.41) is 8.62. The smallest absolute Gasteiger partial charge is 0.151 e. The van der Waals surface area contributed by atoms with E-state index in [-0.39, 0.29) is 11.7 Å². The predicted octanol–water partition coefficient (Wildman–Crippen LogP) is 2.67. The summed E-state index contributed by atoms with van der Waals surface area (Å²) in [6.07, 6.45) is 0.301. The van der Waals surface area contributed by atoms with Crippen molar-refractivity contribution in [2.24, 2.45) is 0 Å². The van der Waals surface area contributed by atoms with Crippen LogP contribution in [-0.2, 0) is 11.2 Å². The van der Waals surface area contributed by atoms with Crippen LogP contribution in [0.2, 0.25) is 0 Å². The fraction of sp³-hybridized carbons (Fsp3) is 0.200. The highest BCUT2D eigenvalue weighted by Gasteiger charge is 2.06. The van der Waals surface area contributed by atoms with E-state index in [9.17, 15) is 4.79 Å². The molecule has 0 aliphatic carbocycles. The standard InChI is InChI=1S/C10H7BrClNO/c11-10-3-7(6-13)1-2-8(10)4-9(14)5-12/h1-3H,4-5H2. The number of nitriles is 1. The summed E-state index contributed by atoms with van der Waals surface area (Å²) in [4.78, 5) is 11.1. The fourth-order valence-electron chi connectivity index (χ4n) is 1.02. The van der Waals surface area contributed by atoms with Gasteiger partial charge in [-0.15, -0.1) is 11.6 Å². The Labute approximate surface area is 95.6 Å². The van der Waals surface area contributed by atoms with E-state index in [1.165, 1.54) is 0 Å². The van der Waals surface area contributed by atoms with Crippen molar-refractivity contribution in [3.63, 3.8) is 0 Å². The third-order valence-corrected chi connectivity index (χ3v) is 2.76. The van der Waals surface area contributed by atoms with Crippen LogP contribution in [0.15, 0.2) is 22.7 Å². The SMILES string of the molecule is N#Cc1ccc(CC(=O)CCl)c(Br)c1. The lowest BCUT2D eigenvalue weighted by Crippen LogP contribution is -2.04. The van der Waals surface area contributed by atoms with E-state index in [0.717, 1.165) is 10.0 Å². The van der Waals surface area contributed by atoms with Gasteiger partial charge < -0.3 is 0 Å². The summed E-state index contributed by atoms with van der Waals surface area (Å²) in [6, 6.07) is 7.15.